The second-order valence-electron chi connectivity index (χ2n) is 4.89. The number of benzene rings is 1. The minimum absolute atomic E-state index is 0.00381. The lowest BCUT2D eigenvalue weighted by Gasteiger charge is -2.12. The molecule has 21 heavy (non-hydrogen) atoms. The van der Waals surface area contributed by atoms with Crippen molar-refractivity contribution < 1.29 is 9.50 Å². The van der Waals surface area contributed by atoms with Gasteiger partial charge in [-0.15, -0.1) is 0 Å². The van der Waals surface area contributed by atoms with Gasteiger partial charge >= 0.3 is 0 Å². The van der Waals surface area contributed by atoms with Crippen molar-refractivity contribution >= 4 is 11.4 Å². The number of aromatic hydroxyl groups is 1. The number of nitrogens with zero attached hydrogens (tertiary/aromatic N) is 2. The highest BCUT2D eigenvalue weighted by molar-refractivity contribution is 6.17. The lowest BCUT2D eigenvalue weighted by atomic mass is 9.96. The molecule has 3 N–H and O–H groups in total. The van der Waals surface area contributed by atoms with Gasteiger partial charge in [-0.1, -0.05) is 0 Å². The van der Waals surface area contributed by atoms with E-state index in [0.717, 1.165) is 11.1 Å². The number of aromatic nitrogens is 1. The first kappa shape index (κ1) is 13.3. The van der Waals surface area contributed by atoms with Crippen LogP contribution in [0.5, 0.6) is 5.75 Å². The average molecular weight is 283 g/mol. The van der Waals surface area contributed by atoms with Gasteiger partial charge in [0.2, 0.25) is 0 Å². The Hall–Kier alpha value is -2.69. The third kappa shape index (κ3) is 2.27. The molecule has 0 radical (unpaired) electrons. The lowest BCUT2D eigenvalue weighted by Crippen LogP contribution is -2.09. The number of pyridine rings is 1. The van der Waals surface area contributed by atoms with E-state index in [1.165, 1.54) is 12.1 Å². The summed E-state index contributed by atoms with van der Waals surface area (Å²) in [5.41, 5.74) is 9.28. The maximum Gasteiger partial charge on any atom is 0.127 e. The second kappa shape index (κ2) is 5.01. The smallest absolute Gasteiger partial charge is 0.127 e. The molecule has 0 aliphatic carbocycles. The van der Waals surface area contributed by atoms with Crippen LogP contribution in [0.25, 0.3) is 5.70 Å². The number of aryl methyl sites for hydroxylation is 1. The molecule has 4 nitrogen and oxygen atoms in total. The molecule has 3 rings (SSSR count). The molecule has 0 saturated carbocycles. The van der Waals surface area contributed by atoms with Gasteiger partial charge in [0.15, 0.2) is 0 Å². The Balaban J connectivity index is 2.23. The summed E-state index contributed by atoms with van der Waals surface area (Å²) in [6.45, 7) is 1.97. The van der Waals surface area contributed by atoms with Crippen LogP contribution in [0.15, 0.2) is 41.7 Å². The molecule has 0 spiro atoms. The number of hydrogen-bond donors (Lipinski definition) is 2. The van der Waals surface area contributed by atoms with Crippen molar-refractivity contribution in [3.05, 3.63) is 64.7 Å². The van der Waals surface area contributed by atoms with Gasteiger partial charge in [0, 0.05) is 34.8 Å². The Morgan fingerprint density at radius 1 is 1.24 bits per heavy atom. The zero-order valence-corrected chi connectivity index (χ0v) is 11.5. The fourth-order valence-electron chi connectivity index (χ4n) is 2.35. The van der Waals surface area contributed by atoms with Crippen molar-refractivity contribution in [2.45, 2.75) is 6.92 Å². The van der Waals surface area contributed by atoms with Crippen LogP contribution in [0.4, 0.5) is 4.39 Å². The van der Waals surface area contributed by atoms with Crippen molar-refractivity contribution in [3.8, 4) is 5.75 Å². The number of nitrogens with two attached hydrogens (primary N) is 1. The van der Waals surface area contributed by atoms with E-state index in [2.05, 4.69) is 9.98 Å². The summed E-state index contributed by atoms with van der Waals surface area (Å²) in [6, 6.07) is 4.46. The van der Waals surface area contributed by atoms with Crippen molar-refractivity contribution in [1.82, 2.24) is 4.98 Å². The van der Waals surface area contributed by atoms with E-state index >= 15 is 0 Å². The fourth-order valence-corrected chi connectivity index (χ4v) is 2.35. The number of halogens is 1. The molecule has 1 aliphatic rings. The van der Waals surface area contributed by atoms with Gasteiger partial charge < -0.3 is 10.8 Å². The van der Waals surface area contributed by atoms with Gasteiger partial charge in [0.25, 0.3) is 0 Å². The summed E-state index contributed by atoms with van der Waals surface area (Å²) in [7, 11) is 0. The normalized spacial score (nSPS) is 14.0. The van der Waals surface area contributed by atoms with E-state index in [-0.39, 0.29) is 11.6 Å². The van der Waals surface area contributed by atoms with Gasteiger partial charge in [0.05, 0.1) is 12.3 Å². The quantitative estimate of drug-likeness (QED) is 0.844. The maximum absolute atomic E-state index is 13.9. The highest BCUT2D eigenvalue weighted by Crippen LogP contribution is 2.28. The van der Waals surface area contributed by atoms with E-state index in [1.807, 2.05) is 0 Å². The van der Waals surface area contributed by atoms with Crippen molar-refractivity contribution in [2.75, 3.05) is 6.54 Å². The molecule has 0 unspecified atom stereocenters. The van der Waals surface area contributed by atoms with Gasteiger partial charge in [-0.2, -0.15) is 0 Å². The predicted octanol–water partition coefficient (Wildman–Crippen LogP) is 2.39. The Labute approximate surface area is 121 Å². The average Bonchev–Trinajstić information content (AvgIpc) is 2.63. The summed E-state index contributed by atoms with van der Waals surface area (Å²) >= 11 is 0. The number of phenolic OH excluding ortho intramolecular Hbond substituents is 1. The molecular weight excluding hydrogens is 269 g/mol. The first-order valence-electron chi connectivity index (χ1n) is 6.52. The number of hydrogen-bond acceptors (Lipinski definition) is 4. The molecule has 1 aromatic carbocycles. The lowest BCUT2D eigenvalue weighted by molar-refractivity contribution is 0.471. The van der Waals surface area contributed by atoms with E-state index in [4.69, 9.17) is 5.73 Å². The minimum Gasteiger partial charge on any atom is -0.507 e. The summed E-state index contributed by atoms with van der Waals surface area (Å²) in [5, 5.41) is 10.1. The SMILES string of the molecule is Cc1cc(O)c(C2=NCC=C(N)c3cnccc32)cc1F. The van der Waals surface area contributed by atoms with E-state index in [0.29, 0.717) is 29.1 Å². The van der Waals surface area contributed by atoms with E-state index in [1.54, 1.807) is 31.5 Å². The standard InChI is InChI=1S/C16H14FN3O/c1-9-6-15(21)11(7-13(9)17)16-10-2-4-19-8-12(10)14(18)3-5-20-16/h2-4,6-8,21H,5,18H2,1H3. The highest BCUT2D eigenvalue weighted by Gasteiger charge is 2.19. The van der Waals surface area contributed by atoms with Crippen LogP contribution < -0.4 is 5.73 Å². The number of rotatable bonds is 1. The molecule has 5 heteroatoms. The topological polar surface area (TPSA) is 71.5 Å². The first-order chi connectivity index (χ1) is 10.1. The zero-order chi connectivity index (χ0) is 15.0. The number of aliphatic imine (C=N–C) groups is 1. The van der Waals surface area contributed by atoms with Crippen LogP contribution in [-0.2, 0) is 0 Å². The number of fused-ring (bicyclic) bond motifs is 1. The summed E-state index contributed by atoms with van der Waals surface area (Å²) in [5.74, 6) is -0.387. The third-order valence-electron chi connectivity index (χ3n) is 3.48. The molecule has 0 atom stereocenters. The molecule has 0 bridgehead atoms. The van der Waals surface area contributed by atoms with Crippen molar-refractivity contribution in [3.63, 3.8) is 0 Å². The van der Waals surface area contributed by atoms with Gasteiger partial charge in [-0.25, -0.2) is 4.39 Å². The Kier molecular flexibility index (Phi) is 3.17. The summed E-state index contributed by atoms with van der Waals surface area (Å²) < 4.78 is 13.9. The molecule has 2 heterocycles. The molecule has 1 aliphatic heterocycles. The van der Waals surface area contributed by atoms with Crippen LogP contribution in [0, 0.1) is 12.7 Å². The highest BCUT2D eigenvalue weighted by atomic mass is 19.1. The fraction of sp³-hybridized carbons (Fsp3) is 0.125. The molecule has 0 fully saturated rings. The molecule has 1 aromatic heterocycles. The molecular formula is C16H14FN3O. The summed E-state index contributed by atoms with van der Waals surface area (Å²) in [6.07, 6.45) is 5.03. The van der Waals surface area contributed by atoms with Gasteiger partial charge in [0.1, 0.15) is 11.6 Å². The molecule has 2 aromatic rings. The third-order valence-corrected chi connectivity index (χ3v) is 3.48. The Morgan fingerprint density at radius 3 is 2.86 bits per heavy atom. The van der Waals surface area contributed by atoms with Crippen LogP contribution in [-0.4, -0.2) is 22.3 Å². The monoisotopic (exact) mass is 283 g/mol. The number of phenols is 1. The van der Waals surface area contributed by atoms with E-state index < -0.39 is 0 Å². The molecule has 0 amide bonds. The van der Waals surface area contributed by atoms with Gasteiger partial charge in [-0.05, 0) is 36.8 Å². The van der Waals surface area contributed by atoms with Crippen LogP contribution in [0.2, 0.25) is 0 Å². The first-order valence-corrected chi connectivity index (χ1v) is 6.52. The van der Waals surface area contributed by atoms with Crippen molar-refractivity contribution in [2.24, 2.45) is 10.7 Å². The van der Waals surface area contributed by atoms with Crippen molar-refractivity contribution in [1.29, 1.82) is 0 Å². The van der Waals surface area contributed by atoms with E-state index in [9.17, 15) is 9.50 Å². The van der Waals surface area contributed by atoms with Crippen LogP contribution >= 0.6 is 0 Å². The molecule has 106 valence electrons. The largest absolute Gasteiger partial charge is 0.507 e. The van der Waals surface area contributed by atoms with Gasteiger partial charge in [-0.3, -0.25) is 9.98 Å². The van der Waals surface area contributed by atoms with Crippen LogP contribution in [0.1, 0.15) is 22.3 Å². The zero-order valence-electron chi connectivity index (χ0n) is 11.5. The molecule has 0 saturated heterocycles. The second-order valence-corrected chi connectivity index (χ2v) is 4.89. The van der Waals surface area contributed by atoms with Crippen LogP contribution in [0.3, 0.4) is 0 Å². The Morgan fingerprint density at radius 2 is 2.05 bits per heavy atom. The maximum atomic E-state index is 13.9. The predicted molar refractivity (Wildman–Crippen MR) is 79.7 cm³/mol. The summed E-state index contributed by atoms with van der Waals surface area (Å²) in [4.78, 5) is 8.48. The Bertz CT molecular complexity index is 781. The minimum atomic E-state index is -0.383.